The van der Waals surface area contributed by atoms with Crippen molar-refractivity contribution in [2.45, 2.75) is 40.5 Å². The molecule has 0 N–H and O–H groups in total. The van der Waals surface area contributed by atoms with Crippen LogP contribution in [0.2, 0.25) is 0 Å². The highest BCUT2D eigenvalue weighted by atomic mass is 16.5. The van der Waals surface area contributed by atoms with Crippen molar-refractivity contribution in [3.8, 4) is 0 Å². The normalized spacial score (nSPS) is 13.0. The predicted molar refractivity (Wildman–Crippen MR) is 59.4 cm³/mol. The van der Waals surface area contributed by atoms with Crippen molar-refractivity contribution in [2.75, 3.05) is 7.11 Å². The van der Waals surface area contributed by atoms with Crippen molar-refractivity contribution in [1.29, 1.82) is 0 Å². The SMILES string of the molecule is COC(=O)CC(CC(C)C)C(=O)C(C)C. The molecule has 0 bridgehead atoms. The molecule has 0 radical (unpaired) electrons. The molecule has 3 heteroatoms. The van der Waals surface area contributed by atoms with Gasteiger partial charge in [-0.25, -0.2) is 0 Å². The largest absolute Gasteiger partial charge is 0.469 e. The van der Waals surface area contributed by atoms with Gasteiger partial charge in [-0.15, -0.1) is 0 Å². The van der Waals surface area contributed by atoms with E-state index >= 15 is 0 Å². The molecule has 0 aromatic rings. The molecule has 0 aromatic heterocycles. The van der Waals surface area contributed by atoms with Crippen molar-refractivity contribution < 1.29 is 14.3 Å². The van der Waals surface area contributed by atoms with Gasteiger partial charge in [0.15, 0.2) is 0 Å². The number of ether oxygens (including phenoxy) is 1. The first-order valence-electron chi connectivity index (χ1n) is 5.49. The molecule has 0 aliphatic carbocycles. The summed E-state index contributed by atoms with van der Waals surface area (Å²) in [4.78, 5) is 23.0. The Kier molecular flexibility index (Phi) is 6.21. The molecule has 15 heavy (non-hydrogen) atoms. The number of Topliss-reactive ketones (excluding diaryl/α,β-unsaturated/α-hetero) is 1. The smallest absolute Gasteiger partial charge is 0.306 e. The molecule has 0 heterocycles. The number of methoxy groups -OCH3 is 1. The van der Waals surface area contributed by atoms with E-state index in [4.69, 9.17) is 0 Å². The van der Waals surface area contributed by atoms with E-state index in [0.717, 1.165) is 6.42 Å². The van der Waals surface area contributed by atoms with E-state index in [0.29, 0.717) is 5.92 Å². The van der Waals surface area contributed by atoms with E-state index in [1.807, 2.05) is 13.8 Å². The maximum absolute atomic E-state index is 11.8. The molecule has 1 unspecified atom stereocenters. The molecule has 0 aliphatic heterocycles. The Morgan fingerprint density at radius 3 is 2.00 bits per heavy atom. The molecule has 0 aromatic carbocycles. The van der Waals surface area contributed by atoms with Gasteiger partial charge >= 0.3 is 5.97 Å². The van der Waals surface area contributed by atoms with Gasteiger partial charge in [-0.3, -0.25) is 9.59 Å². The standard InChI is InChI=1S/C12H22O3/c1-8(2)6-10(7-11(13)15-5)12(14)9(3)4/h8-10H,6-7H2,1-5H3. The fourth-order valence-corrected chi connectivity index (χ4v) is 1.63. The molecule has 0 aliphatic rings. The molecule has 0 amide bonds. The number of rotatable bonds is 6. The summed E-state index contributed by atoms with van der Waals surface area (Å²) in [5, 5.41) is 0. The first kappa shape index (κ1) is 14.1. The minimum absolute atomic E-state index is 0.0154. The van der Waals surface area contributed by atoms with Gasteiger partial charge in [-0.05, 0) is 12.3 Å². The van der Waals surface area contributed by atoms with Gasteiger partial charge in [0.05, 0.1) is 13.5 Å². The summed E-state index contributed by atoms with van der Waals surface area (Å²) in [6.45, 7) is 7.84. The number of hydrogen-bond donors (Lipinski definition) is 0. The monoisotopic (exact) mass is 214 g/mol. The van der Waals surface area contributed by atoms with Crippen LogP contribution in [0.25, 0.3) is 0 Å². The zero-order chi connectivity index (χ0) is 12.0. The van der Waals surface area contributed by atoms with Gasteiger partial charge in [-0.2, -0.15) is 0 Å². The van der Waals surface area contributed by atoms with Crippen LogP contribution in [-0.2, 0) is 14.3 Å². The fourth-order valence-electron chi connectivity index (χ4n) is 1.63. The molecule has 1 atom stereocenters. The lowest BCUT2D eigenvalue weighted by Crippen LogP contribution is -2.24. The van der Waals surface area contributed by atoms with E-state index in [2.05, 4.69) is 18.6 Å². The molecule has 0 saturated carbocycles. The van der Waals surface area contributed by atoms with Crippen LogP contribution in [0.4, 0.5) is 0 Å². The van der Waals surface area contributed by atoms with Gasteiger partial charge in [-0.1, -0.05) is 27.7 Å². The Labute approximate surface area is 92.2 Å². The Hall–Kier alpha value is -0.860. The van der Waals surface area contributed by atoms with E-state index in [9.17, 15) is 9.59 Å². The quantitative estimate of drug-likeness (QED) is 0.638. The molecular formula is C12H22O3. The van der Waals surface area contributed by atoms with Crippen molar-refractivity contribution >= 4 is 11.8 Å². The van der Waals surface area contributed by atoms with Crippen LogP contribution in [0.1, 0.15) is 40.5 Å². The van der Waals surface area contributed by atoms with Crippen LogP contribution >= 0.6 is 0 Å². The highest BCUT2D eigenvalue weighted by Gasteiger charge is 2.25. The van der Waals surface area contributed by atoms with E-state index in [-0.39, 0.29) is 30.0 Å². The van der Waals surface area contributed by atoms with Gasteiger partial charge in [0.1, 0.15) is 5.78 Å². The molecule has 0 fully saturated rings. The minimum Gasteiger partial charge on any atom is -0.469 e. The third-order valence-corrected chi connectivity index (χ3v) is 2.37. The second-order valence-corrected chi connectivity index (χ2v) is 4.66. The first-order valence-corrected chi connectivity index (χ1v) is 5.49. The molecule has 3 nitrogen and oxygen atoms in total. The maximum Gasteiger partial charge on any atom is 0.306 e. The fraction of sp³-hybridized carbons (Fsp3) is 0.833. The number of carbonyl (C=O) groups excluding carboxylic acids is 2. The zero-order valence-corrected chi connectivity index (χ0v) is 10.4. The minimum atomic E-state index is -0.297. The van der Waals surface area contributed by atoms with Crippen LogP contribution in [0, 0.1) is 17.8 Å². The van der Waals surface area contributed by atoms with E-state index in [1.165, 1.54) is 7.11 Å². The Bertz CT molecular complexity index is 219. The molecule has 0 rings (SSSR count). The maximum atomic E-state index is 11.8. The summed E-state index contributed by atoms with van der Waals surface area (Å²) >= 11 is 0. The number of carbonyl (C=O) groups is 2. The topological polar surface area (TPSA) is 43.4 Å². The van der Waals surface area contributed by atoms with Gasteiger partial charge < -0.3 is 4.74 Å². The molecule has 0 saturated heterocycles. The number of esters is 1. The van der Waals surface area contributed by atoms with Gasteiger partial charge in [0.2, 0.25) is 0 Å². The summed E-state index contributed by atoms with van der Waals surface area (Å²) < 4.78 is 4.60. The van der Waals surface area contributed by atoms with Gasteiger partial charge in [0, 0.05) is 11.8 Å². The molecule has 0 spiro atoms. The molecule has 88 valence electrons. The van der Waals surface area contributed by atoms with Crippen LogP contribution < -0.4 is 0 Å². The number of hydrogen-bond acceptors (Lipinski definition) is 3. The van der Waals surface area contributed by atoms with E-state index in [1.54, 1.807) is 0 Å². The zero-order valence-electron chi connectivity index (χ0n) is 10.4. The van der Waals surface area contributed by atoms with Crippen LogP contribution in [-0.4, -0.2) is 18.9 Å². The summed E-state index contributed by atoms with van der Waals surface area (Å²) in [5.41, 5.74) is 0. The second kappa shape index (κ2) is 6.59. The van der Waals surface area contributed by atoms with Crippen molar-refractivity contribution in [2.24, 2.45) is 17.8 Å². The van der Waals surface area contributed by atoms with Crippen LogP contribution in [0.5, 0.6) is 0 Å². The lowest BCUT2D eigenvalue weighted by molar-refractivity contribution is -0.144. The van der Waals surface area contributed by atoms with Gasteiger partial charge in [0.25, 0.3) is 0 Å². The lowest BCUT2D eigenvalue weighted by Gasteiger charge is -2.18. The van der Waals surface area contributed by atoms with E-state index < -0.39 is 0 Å². The molecular weight excluding hydrogens is 192 g/mol. The predicted octanol–water partition coefficient (Wildman–Crippen LogP) is 2.44. The summed E-state index contributed by atoms with van der Waals surface area (Å²) in [6.07, 6.45) is 0.970. The first-order chi connectivity index (χ1) is 6.88. The average molecular weight is 214 g/mol. The Balaban J connectivity index is 4.43. The Morgan fingerprint density at radius 1 is 1.13 bits per heavy atom. The van der Waals surface area contributed by atoms with Crippen molar-refractivity contribution in [3.63, 3.8) is 0 Å². The second-order valence-electron chi connectivity index (χ2n) is 4.66. The summed E-state index contributed by atoms with van der Waals surface area (Å²) in [5.74, 6) is 0.0852. The third kappa shape index (κ3) is 5.55. The van der Waals surface area contributed by atoms with Crippen molar-refractivity contribution in [1.82, 2.24) is 0 Å². The summed E-state index contributed by atoms with van der Waals surface area (Å²) in [7, 11) is 1.36. The number of ketones is 1. The third-order valence-electron chi connectivity index (χ3n) is 2.37. The lowest BCUT2D eigenvalue weighted by atomic mass is 9.86. The highest BCUT2D eigenvalue weighted by molar-refractivity contribution is 5.86. The average Bonchev–Trinajstić information content (AvgIpc) is 2.14. The van der Waals surface area contributed by atoms with Crippen LogP contribution in [0.3, 0.4) is 0 Å². The Morgan fingerprint density at radius 2 is 1.67 bits per heavy atom. The van der Waals surface area contributed by atoms with Crippen LogP contribution in [0.15, 0.2) is 0 Å². The summed E-state index contributed by atoms with van der Waals surface area (Å²) in [6, 6.07) is 0. The van der Waals surface area contributed by atoms with Crippen molar-refractivity contribution in [3.05, 3.63) is 0 Å². The highest BCUT2D eigenvalue weighted by Crippen LogP contribution is 2.20.